The molecule has 0 aliphatic carbocycles. The van der Waals surface area contributed by atoms with Gasteiger partial charge in [0, 0.05) is 29.4 Å². The van der Waals surface area contributed by atoms with Crippen LogP contribution in [0.4, 0.5) is 17.1 Å². The molecule has 0 fully saturated rings. The lowest BCUT2D eigenvalue weighted by atomic mass is 9.99. The smallest absolute Gasteiger partial charge is 0.338 e. The van der Waals surface area contributed by atoms with Gasteiger partial charge < -0.3 is 20.3 Å². The van der Waals surface area contributed by atoms with Crippen LogP contribution < -0.4 is 10.6 Å². The molecule has 2 N–H and O–H groups in total. The van der Waals surface area contributed by atoms with Gasteiger partial charge in [-0.2, -0.15) is 0 Å². The SMILES string of the molecule is CCOC(=O)c1ccc2c(c1)NC(=O)/C2=C(\Nc1ccc(CN(C)C)c([N+](=O)[O-])c1)c1ccccc1. The zero-order valence-electron chi connectivity index (χ0n) is 20.2. The first-order valence-electron chi connectivity index (χ1n) is 11.4. The van der Waals surface area contributed by atoms with Gasteiger partial charge in [0.2, 0.25) is 0 Å². The monoisotopic (exact) mass is 486 g/mol. The fraction of sp³-hybridized carbons (Fsp3) is 0.185. The maximum absolute atomic E-state index is 13.2. The quantitative estimate of drug-likeness (QED) is 0.204. The van der Waals surface area contributed by atoms with Crippen molar-refractivity contribution >= 4 is 40.2 Å². The lowest BCUT2D eigenvalue weighted by molar-refractivity contribution is -0.385. The third-order valence-electron chi connectivity index (χ3n) is 5.63. The van der Waals surface area contributed by atoms with Gasteiger partial charge in [0.25, 0.3) is 11.6 Å². The fourth-order valence-corrected chi connectivity index (χ4v) is 4.08. The van der Waals surface area contributed by atoms with E-state index in [4.69, 9.17) is 4.74 Å². The second kappa shape index (κ2) is 10.4. The summed E-state index contributed by atoms with van der Waals surface area (Å²) in [5.74, 6) is -0.824. The largest absolute Gasteiger partial charge is 0.462 e. The lowest BCUT2D eigenvalue weighted by Crippen LogP contribution is -2.13. The van der Waals surface area contributed by atoms with Gasteiger partial charge in [-0.15, -0.1) is 0 Å². The van der Waals surface area contributed by atoms with Crippen molar-refractivity contribution in [2.45, 2.75) is 13.5 Å². The Balaban J connectivity index is 1.82. The summed E-state index contributed by atoms with van der Waals surface area (Å²) in [7, 11) is 3.69. The van der Waals surface area contributed by atoms with Crippen molar-refractivity contribution in [2.75, 3.05) is 31.3 Å². The van der Waals surface area contributed by atoms with Crippen LogP contribution in [0.15, 0.2) is 66.7 Å². The molecule has 9 heteroatoms. The number of esters is 1. The molecule has 184 valence electrons. The normalized spacial score (nSPS) is 13.7. The second-order valence-corrected chi connectivity index (χ2v) is 8.51. The Morgan fingerprint density at radius 3 is 2.47 bits per heavy atom. The Kier molecular flexibility index (Phi) is 7.12. The van der Waals surface area contributed by atoms with Gasteiger partial charge in [0.1, 0.15) is 0 Å². The molecule has 0 radical (unpaired) electrons. The van der Waals surface area contributed by atoms with E-state index in [2.05, 4.69) is 10.6 Å². The van der Waals surface area contributed by atoms with Gasteiger partial charge in [0.15, 0.2) is 0 Å². The molecule has 3 aromatic carbocycles. The summed E-state index contributed by atoms with van der Waals surface area (Å²) < 4.78 is 5.07. The van der Waals surface area contributed by atoms with E-state index in [0.717, 1.165) is 5.56 Å². The van der Waals surface area contributed by atoms with Gasteiger partial charge in [-0.05, 0) is 50.8 Å². The zero-order valence-corrected chi connectivity index (χ0v) is 20.2. The maximum Gasteiger partial charge on any atom is 0.338 e. The zero-order chi connectivity index (χ0) is 25.8. The number of nitrogens with one attached hydrogen (secondary N) is 2. The third-order valence-corrected chi connectivity index (χ3v) is 5.63. The molecule has 1 amide bonds. The number of nitrogens with zero attached hydrogens (tertiary/aromatic N) is 2. The Hall–Kier alpha value is -4.50. The minimum Gasteiger partial charge on any atom is -0.462 e. The minimum atomic E-state index is -0.474. The average molecular weight is 487 g/mol. The van der Waals surface area contributed by atoms with Crippen LogP contribution in [0.5, 0.6) is 0 Å². The molecule has 36 heavy (non-hydrogen) atoms. The summed E-state index contributed by atoms with van der Waals surface area (Å²) in [6.45, 7) is 2.39. The molecule has 9 nitrogen and oxygen atoms in total. The van der Waals surface area contributed by atoms with E-state index in [9.17, 15) is 19.7 Å². The molecule has 0 saturated heterocycles. The molecule has 0 unspecified atom stereocenters. The average Bonchev–Trinajstić information content (AvgIpc) is 3.18. The van der Waals surface area contributed by atoms with Crippen molar-refractivity contribution in [2.24, 2.45) is 0 Å². The van der Waals surface area contributed by atoms with E-state index in [-0.39, 0.29) is 18.2 Å². The van der Waals surface area contributed by atoms with Crippen molar-refractivity contribution in [3.63, 3.8) is 0 Å². The molecule has 1 heterocycles. The van der Waals surface area contributed by atoms with Crippen molar-refractivity contribution in [1.82, 2.24) is 4.90 Å². The Morgan fingerprint density at radius 1 is 1.06 bits per heavy atom. The number of anilines is 2. The Labute approximate surface area is 208 Å². The number of carbonyl (C=O) groups is 2. The number of hydrogen-bond acceptors (Lipinski definition) is 7. The summed E-state index contributed by atoms with van der Waals surface area (Å²) in [5.41, 5.74) is 4.06. The third kappa shape index (κ3) is 5.11. The van der Waals surface area contributed by atoms with Crippen LogP contribution in [0.2, 0.25) is 0 Å². The van der Waals surface area contributed by atoms with E-state index in [1.54, 1.807) is 37.3 Å². The first-order valence-corrected chi connectivity index (χ1v) is 11.4. The summed E-state index contributed by atoms with van der Waals surface area (Å²) in [6, 6.07) is 19.1. The molecule has 1 aliphatic heterocycles. The highest BCUT2D eigenvalue weighted by molar-refractivity contribution is 6.37. The highest BCUT2D eigenvalue weighted by Crippen LogP contribution is 2.38. The number of fused-ring (bicyclic) bond motifs is 1. The van der Waals surface area contributed by atoms with Gasteiger partial charge in [-0.3, -0.25) is 14.9 Å². The maximum atomic E-state index is 13.2. The molecule has 3 aromatic rings. The van der Waals surface area contributed by atoms with Crippen LogP contribution in [-0.2, 0) is 16.1 Å². The highest BCUT2D eigenvalue weighted by atomic mass is 16.6. The number of hydrogen-bond donors (Lipinski definition) is 2. The van der Waals surface area contributed by atoms with Gasteiger partial charge in [-0.1, -0.05) is 36.4 Å². The summed E-state index contributed by atoms with van der Waals surface area (Å²) in [5, 5.41) is 17.8. The molecular formula is C27H26N4O5. The number of rotatable bonds is 8. The number of amides is 1. The highest BCUT2D eigenvalue weighted by Gasteiger charge is 2.29. The van der Waals surface area contributed by atoms with E-state index < -0.39 is 10.9 Å². The van der Waals surface area contributed by atoms with Crippen LogP contribution in [0.3, 0.4) is 0 Å². The number of nitro benzene ring substituents is 1. The van der Waals surface area contributed by atoms with Gasteiger partial charge in [0.05, 0.1) is 34.1 Å². The standard InChI is InChI=1S/C27H26N4O5/c1-4-36-27(33)18-11-13-21-22(14-18)29-26(32)24(21)25(17-8-6-5-7-9-17)28-20-12-10-19(16-30(2)3)23(15-20)31(34)35/h5-15,28H,4,16H2,1-3H3,(H,29,32)/b25-24-. The first kappa shape index (κ1) is 24.6. The van der Waals surface area contributed by atoms with E-state index in [1.165, 1.54) is 6.07 Å². The Bertz CT molecular complexity index is 1370. The van der Waals surface area contributed by atoms with Crippen LogP contribution in [0, 0.1) is 10.1 Å². The van der Waals surface area contributed by atoms with E-state index in [0.29, 0.717) is 45.9 Å². The predicted molar refractivity (Wildman–Crippen MR) is 138 cm³/mol. The van der Waals surface area contributed by atoms with Crippen LogP contribution >= 0.6 is 0 Å². The summed E-state index contributed by atoms with van der Waals surface area (Å²) in [4.78, 5) is 38.5. The van der Waals surface area contributed by atoms with Crippen LogP contribution in [0.1, 0.15) is 34.0 Å². The molecule has 0 bridgehead atoms. The predicted octanol–water partition coefficient (Wildman–Crippen LogP) is 4.77. The topological polar surface area (TPSA) is 114 Å². The van der Waals surface area contributed by atoms with E-state index in [1.807, 2.05) is 49.3 Å². The molecule has 4 rings (SSSR count). The fourth-order valence-electron chi connectivity index (χ4n) is 4.08. The number of ether oxygens (including phenoxy) is 1. The van der Waals surface area contributed by atoms with Gasteiger partial charge in [-0.25, -0.2) is 4.79 Å². The van der Waals surface area contributed by atoms with Crippen molar-refractivity contribution in [3.05, 3.63) is 99.1 Å². The lowest BCUT2D eigenvalue weighted by Gasteiger charge is -2.16. The minimum absolute atomic E-state index is 0.0125. The molecule has 0 spiro atoms. The van der Waals surface area contributed by atoms with Gasteiger partial charge >= 0.3 is 5.97 Å². The molecule has 0 saturated carbocycles. The van der Waals surface area contributed by atoms with E-state index >= 15 is 0 Å². The van der Waals surface area contributed by atoms with Crippen molar-refractivity contribution in [3.8, 4) is 0 Å². The number of carbonyl (C=O) groups excluding carboxylic acids is 2. The molecule has 0 atom stereocenters. The van der Waals surface area contributed by atoms with Crippen LogP contribution in [0.25, 0.3) is 11.3 Å². The number of benzene rings is 3. The van der Waals surface area contributed by atoms with Crippen molar-refractivity contribution in [1.29, 1.82) is 0 Å². The molecular weight excluding hydrogens is 460 g/mol. The van der Waals surface area contributed by atoms with Crippen LogP contribution in [-0.4, -0.2) is 42.4 Å². The second-order valence-electron chi connectivity index (χ2n) is 8.51. The number of nitro groups is 1. The Morgan fingerprint density at radius 2 is 1.81 bits per heavy atom. The first-order chi connectivity index (χ1) is 17.3. The molecule has 1 aliphatic rings. The molecule has 0 aromatic heterocycles. The summed E-state index contributed by atoms with van der Waals surface area (Å²) >= 11 is 0. The summed E-state index contributed by atoms with van der Waals surface area (Å²) in [6.07, 6.45) is 0. The van der Waals surface area contributed by atoms with Crippen molar-refractivity contribution < 1.29 is 19.2 Å².